The second-order valence-electron chi connectivity index (χ2n) is 6.72. The summed E-state index contributed by atoms with van der Waals surface area (Å²) in [5.74, 6) is -4.47. The maximum atomic E-state index is 14.7. The molecule has 0 radical (unpaired) electrons. The highest BCUT2D eigenvalue weighted by molar-refractivity contribution is 6.42. The van der Waals surface area contributed by atoms with E-state index >= 15 is 0 Å². The fourth-order valence-corrected chi connectivity index (χ4v) is 4.56. The molecule has 1 spiro atoms. The number of aliphatic carboxylic acids is 1. The summed E-state index contributed by atoms with van der Waals surface area (Å²) >= 11 is 11.8. The minimum Gasteiger partial charge on any atom is -0.479 e. The highest BCUT2D eigenvalue weighted by Crippen LogP contribution is 2.68. The fraction of sp³-hybridized carbons (Fsp3) is 0.438. The molecule has 26 heavy (non-hydrogen) atoms. The largest absolute Gasteiger partial charge is 0.479 e. The van der Waals surface area contributed by atoms with E-state index in [1.165, 1.54) is 0 Å². The van der Waals surface area contributed by atoms with Gasteiger partial charge in [0.2, 0.25) is 5.67 Å². The molecule has 0 aromatic heterocycles. The van der Waals surface area contributed by atoms with Crippen LogP contribution >= 0.6 is 23.2 Å². The number of hydrogen-bond donors (Lipinski definition) is 3. The molecule has 138 valence electrons. The van der Waals surface area contributed by atoms with Crippen LogP contribution in [0.15, 0.2) is 18.2 Å². The Kier molecular flexibility index (Phi) is 3.74. The number of carbonyl (C=O) groups is 3. The molecule has 3 N–H and O–H groups in total. The van der Waals surface area contributed by atoms with Gasteiger partial charge in [-0.05, 0) is 24.1 Å². The molecule has 4 rings (SSSR count). The second-order valence-corrected chi connectivity index (χ2v) is 7.53. The standard InChI is InChI=1S/C16H13Cl2FN2O5/c17-8-2-1-6(3-9(8)18)5-26-10-4-7-11(15(7,19)13(23)24)16(10)12(22)20-14(25)21-16/h1-3,7,10-11H,4-5H2,(H,23,24)(H2,20,21,22,25)/t7-,10-,11+,15-,16?/m1/s1. The SMILES string of the molecule is O=C1NC(=O)C2(N1)[C@H]1[C@@H](C[C@H]2OCc2ccc(Cl)c(Cl)c2)[C@]1(F)C(=O)O. The van der Waals surface area contributed by atoms with Crippen LogP contribution in [0.1, 0.15) is 12.0 Å². The highest BCUT2D eigenvalue weighted by atomic mass is 35.5. The van der Waals surface area contributed by atoms with Crippen molar-refractivity contribution in [1.29, 1.82) is 0 Å². The first-order chi connectivity index (χ1) is 12.2. The predicted octanol–water partition coefficient (Wildman–Crippen LogP) is 1.90. The molecule has 1 saturated heterocycles. The van der Waals surface area contributed by atoms with Gasteiger partial charge in [-0.3, -0.25) is 10.1 Å². The maximum Gasteiger partial charge on any atom is 0.342 e. The summed E-state index contributed by atoms with van der Waals surface area (Å²) in [5, 5.41) is 14.4. The summed E-state index contributed by atoms with van der Waals surface area (Å²) < 4.78 is 20.5. The number of amides is 3. The lowest BCUT2D eigenvalue weighted by Crippen LogP contribution is -2.59. The monoisotopic (exact) mass is 402 g/mol. The molecule has 5 atom stereocenters. The molecule has 10 heteroatoms. The average Bonchev–Trinajstić information content (AvgIpc) is 2.87. The highest BCUT2D eigenvalue weighted by Gasteiger charge is 2.87. The second kappa shape index (κ2) is 5.55. The van der Waals surface area contributed by atoms with Crippen molar-refractivity contribution in [2.24, 2.45) is 11.8 Å². The number of imide groups is 1. The predicted molar refractivity (Wildman–Crippen MR) is 87.5 cm³/mol. The normalized spacial score (nSPS) is 37.4. The van der Waals surface area contributed by atoms with Crippen molar-refractivity contribution in [2.45, 2.75) is 30.3 Å². The van der Waals surface area contributed by atoms with Crippen LogP contribution in [0.25, 0.3) is 0 Å². The Morgan fingerprint density at radius 1 is 1.35 bits per heavy atom. The third-order valence-electron chi connectivity index (χ3n) is 5.44. The number of hydrogen-bond acceptors (Lipinski definition) is 4. The molecule has 3 amide bonds. The molecule has 1 aliphatic heterocycles. The van der Waals surface area contributed by atoms with Crippen LogP contribution in [-0.2, 0) is 20.9 Å². The van der Waals surface area contributed by atoms with Crippen molar-refractivity contribution in [3.8, 4) is 0 Å². The minimum atomic E-state index is -2.54. The Bertz CT molecular complexity index is 852. The van der Waals surface area contributed by atoms with E-state index in [1.807, 2.05) is 0 Å². The molecular formula is C16H13Cl2FN2O5. The van der Waals surface area contributed by atoms with Crippen molar-refractivity contribution in [2.75, 3.05) is 0 Å². The number of halogens is 3. The maximum absolute atomic E-state index is 14.7. The van der Waals surface area contributed by atoms with Gasteiger partial charge in [0.05, 0.1) is 22.8 Å². The van der Waals surface area contributed by atoms with Crippen LogP contribution in [0.2, 0.25) is 10.0 Å². The van der Waals surface area contributed by atoms with Gasteiger partial charge in [0.25, 0.3) is 5.91 Å². The van der Waals surface area contributed by atoms with Crippen molar-refractivity contribution in [3.05, 3.63) is 33.8 Å². The van der Waals surface area contributed by atoms with Crippen LogP contribution in [0, 0.1) is 11.8 Å². The van der Waals surface area contributed by atoms with Gasteiger partial charge in [-0.15, -0.1) is 0 Å². The molecule has 3 aliphatic rings. The number of carbonyl (C=O) groups excluding carboxylic acids is 2. The molecule has 1 heterocycles. The molecule has 3 fully saturated rings. The van der Waals surface area contributed by atoms with E-state index < -0.39 is 47.1 Å². The Labute approximate surface area is 156 Å². The molecule has 1 aromatic rings. The summed E-state index contributed by atoms with van der Waals surface area (Å²) in [7, 11) is 0. The van der Waals surface area contributed by atoms with Gasteiger partial charge >= 0.3 is 12.0 Å². The van der Waals surface area contributed by atoms with Crippen LogP contribution in [0.3, 0.4) is 0 Å². The number of rotatable bonds is 4. The first-order valence-corrected chi connectivity index (χ1v) is 8.58. The number of carboxylic acid groups (broad SMARTS) is 1. The lowest BCUT2D eigenvalue weighted by atomic mass is 9.87. The summed E-state index contributed by atoms with van der Waals surface area (Å²) in [6.07, 6.45) is -0.857. The van der Waals surface area contributed by atoms with Gasteiger partial charge in [0.15, 0.2) is 5.54 Å². The minimum absolute atomic E-state index is 0.00247. The summed E-state index contributed by atoms with van der Waals surface area (Å²) in [6, 6.07) is 4.07. The van der Waals surface area contributed by atoms with E-state index in [4.69, 9.17) is 27.9 Å². The molecule has 0 bridgehead atoms. The van der Waals surface area contributed by atoms with E-state index in [0.29, 0.717) is 15.6 Å². The molecule has 2 saturated carbocycles. The van der Waals surface area contributed by atoms with Crippen LogP contribution in [0.4, 0.5) is 9.18 Å². The van der Waals surface area contributed by atoms with Crippen LogP contribution < -0.4 is 10.6 Å². The smallest absolute Gasteiger partial charge is 0.342 e. The molecule has 1 aromatic carbocycles. The van der Waals surface area contributed by atoms with Gasteiger partial charge in [0.1, 0.15) is 0 Å². The quantitative estimate of drug-likeness (QED) is 0.667. The first-order valence-electron chi connectivity index (χ1n) is 7.82. The Hall–Kier alpha value is -1.90. The number of carboxylic acids is 1. The lowest BCUT2D eigenvalue weighted by molar-refractivity contribution is -0.149. The van der Waals surface area contributed by atoms with E-state index in [9.17, 15) is 23.9 Å². The van der Waals surface area contributed by atoms with Gasteiger partial charge in [-0.25, -0.2) is 14.0 Å². The molecular weight excluding hydrogens is 390 g/mol. The van der Waals surface area contributed by atoms with Crippen LogP contribution in [0.5, 0.6) is 0 Å². The third-order valence-corrected chi connectivity index (χ3v) is 6.18. The number of benzene rings is 1. The number of fused-ring (bicyclic) bond motifs is 2. The van der Waals surface area contributed by atoms with E-state index in [2.05, 4.69) is 10.6 Å². The topological polar surface area (TPSA) is 105 Å². The number of nitrogens with one attached hydrogen (secondary N) is 2. The van der Waals surface area contributed by atoms with E-state index in [1.54, 1.807) is 18.2 Å². The molecule has 2 aliphatic carbocycles. The average molecular weight is 403 g/mol. The Morgan fingerprint density at radius 3 is 2.65 bits per heavy atom. The lowest BCUT2D eigenvalue weighted by Gasteiger charge is -2.32. The zero-order valence-electron chi connectivity index (χ0n) is 13.1. The Balaban J connectivity index is 1.59. The van der Waals surface area contributed by atoms with Gasteiger partial charge in [0, 0.05) is 11.8 Å². The van der Waals surface area contributed by atoms with Crippen molar-refractivity contribution in [3.63, 3.8) is 0 Å². The first kappa shape index (κ1) is 17.5. The number of ether oxygens (including phenoxy) is 1. The zero-order chi connectivity index (χ0) is 18.9. The number of alkyl halides is 1. The Morgan fingerprint density at radius 2 is 2.08 bits per heavy atom. The van der Waals surface area contributed by atoms with Crippen LogP contribution in [-0.4, -0.2) is 40.3 Å². The van der Waals surface area contributed by atoms with Gasteiger partial charge in [-0.1, -0.05) is 29.3 Å². The zero-order valence-corrected chi connectivity index (χ0v) is 14.6. The number of urea groups is 1. The van der Waals surface area contributed by atoms with Crippen molar-refractivity contribution >= 4 is 41.1 Å². The summed E-state index contributed by atoms with van der Waals surface area (Å²) in [4.78, 5) is 35.4. The third kappa shape index (κ3) is 2.19. The molecule has 7 nitrogen and oxygen atoms in total. The van der Waals surface area contributed by atoms with E-state index in [0.717, 1.165) is 0 Å². The molecule has 1 unspecified atom stereocenters. The van der Waals surface area contributed by atoms with Crippen molar-refractivity contribution in [1.82, 2.24) is 10.6 Å². The van der Waals surface area contributed by atoms with Gasteiger partial charge < -0.3 is 15.2 Å². The van der Waals surface area contributed by atoms with Gasteiger partial charge in [-0.2, -0.15) is 0 Å². The van der Waals surface area contributed by atoms with Crippen molar-refractivity contribution < 1.29 is 28.6 Å². The van der Waals surface area contributed by atoms with E-state index in [-0.39, 0.29) is 13.0 Å². The fourth-order valence-electron chi connectivity index (χ4n) is 4.24. The summed E-state index contributed by atoms with van der Waals surface area (Å²) in [6.45, 7) is 0.0399. The summed E-state index contributed by atoms with van der Waals surface area (Å²) in [5.41, 5.74) is -3.60.